The first-order valence-corrected chi connectivity index (χ1v) is 8.55. The van der Waals surface area contributed by atoms with Gasteiger partial charge in [-0.25, -0.2) is 13.1 Å². The maximum absolute atomic E-state index is 12.2. The van der Waals surface area contributed by atoms with Crippen molar-refractivity contribution in [2.24, 2.45) is 0 Å². The van der Waals surface area contributed by atoms with E-state index in [0.29, 0.717) is 5.76 Å². The monoisotopic (exact) mass is 379 g/mol. The summed E-state index contributed by atoms with van der Waals surface area (Å²) in [7, 11) is -4.01. The van der Waals surface area contributed by atoms with Crippen LogP contribution in [0.4, 0.5) is 13.2 Å². The van der Waals surface area contributed by atoms with Gasteiger partial charge in [-0.3, -0.25) is 0 Å². The van der Waals surface area contributed by atoms with Gasteiger partial charge in [-0.2, -0.15) is 0 Å². The molecule has 1 aromatic heterocycles. The van der Waals surface area contributed by atoms with Crippen molar-refractivity contribution in [1.82, 2.24) is 4.72 Å². The van der Waals surface area contributed by atoms with Crippen molar-refractivity contribution in [2.45, 2.75) is 30.2 Å². The van der Waals surface area contributed by atoms with Crippen LogP contribution in [0, 0.1) is 0 Å². The summed E-state index contributed by atoms with van der Waals surface area (Å²) < 4.78 is 71.6. The SMILES string of the molecule is C[C@](O)(CNS(=O)(=O)c1ccc(OC(F)(F)F)cc1)Cc1ccco1. The molecule has 1 atom stereocenters. The average Bonchev–Trinajstić information content (AvgIpc) is 2.96. The van der Waals surface area contributed by atoms with Crippen molar-refractivity contribution >= 4 is 10.0 Å². The van der Waals surface area contributed by atoms with E-state index in [4.69, 9.17) is 4.42 Å². The molecule has 0 aliphatic heterocycles. The fourth-order valence-corrected chi connectivity index (χ4v) is 3.17. The minimum Gasteiger partial charge on any atom is -0.469 e. The molecule has 0 spiro atoms. The van der Waals surface area contributed by atoms with Crippen molar-refractivity contribution in [2.75, 3.05) is 6.54 Å². The summed E-state index contributed by atoms with van der Waals surface area (Å²) in [6, 6.07) is 7.02. The molecule has 1 aromatic carbocycles. The van der Waals surface area contributed by atoms with Crippen LogP contribution >= 0.6 is 0 Å². The molecular weight excluding hydrogens is 363 g/mol. The van der Waals surface area contributed by atoms with E-state index >= 15 is 0 Å². The van der Waals surface area contributed by atoms with Crippen LogP contribution in [0.2, 0.25) is 0 Å². The number of aliphatic hydroxyl groups is 1. The van der Waals surface area contributed by atoms with Crippen LogP contribution in [0.1, 0.15) is 12.7 Å². The second kappa shape index (κ2) is 7.06. The first kappa shape index (κ1) is 19.3. The first-order chi connectivity index (χ1) is 11.5. The summed E-state index contributed by atoms with van der Waals surface area (Å²) in [6.45, 7) is 1.12. The third-order valence-electron chi connectivity index (χ3n) is 3.15. The molecule has 0 aliphatic carbocycles. The zero-order chi connectivity index (χ0) is 18.7. The Balaban J connectivity index is 2.01. The maximum atomic E-state index is 12.2. The molecule has 2 aromatic rings. The number of hydrogen-bond donors (Lipinski definition) is 2. The lowest BCUT2D eigenvalue weighted by Gasteiger charge is -2.22. The minimum absolute atomic E-state index is 0.0842. The molecular formula is C15H16F3NO5S. The number of ether oxygens (including phenoxy) is 1. The largest absolute Gasteiger partial charge is 0.573 e. The van der Waals surface area contributed by atoms with Gasteiger partial charge in [0, 0.05) is 13.0 Å². The van der Waals surface area contributed by atoms with Gasteiger partial charge in [0.1, 0.15) is 11.5 Å². The van der Waals surface area contributed by atoms with E-state index in [9.17, 15) is 26.7 Å². The molecule has 0 aliphatic rings. The highest BCUT2D eigenvalue weighted by Crippen LogP contribution is 2.24. The van der Waals surface area contributed by atoms with E-state index in [2.05, 4.69) is 9.46 Å². The first-order valence-electron chi connectivity index (χ1n) is 7.07. The molecule has 0 fully saturated rings. The van der Waals surface area contributed by atoms with E-state index < -0.39 is 27.7 Å². The Labute approximate surface area is 142 Å². The Morgan fingerprint density at radius 1 is 1.20 bits per heavy atom. The quantitative estimate of drug-likeness (QED) is 0.772. The number of halogens is 3. The van der Waals surface area contributed by atoms with Crippen molar-refractivity contribution in [3.8, 4) is 5.75 Å². The summed E-state index contributed by atoms with van der Waals surface area (Å²) in [5.74, 6) is -0.0471. The number of nitrogens with one attached hydrogen (secondary N) is 1. The van der Waals surface area contributed by atoms with Gasteiger partial charge >= 0.3 is 6.36 Å². The molecule has 0 unspecified atom stereocenters. The van der Waals surface area contributed by atoms with E-state index in [-0.39, 0.29) is 17.9 Å². The topological polar surface area (TPSA) is 88.8 Å². The smallest absolute Gasteiger partial charge is 0.469 e. The maximum Gasteiger partial charge on any atom is 0.573 e. The van der Waals surface area contributed by atoms with Crippen molar-refractivity contribution in [1.29, 1.82) is 0 Å². The molecule has 1 heterocycles. The fourth-order valence-electron chi connectivity index (χ4n) is 2.01. The van der Waals surface area contributed by atoms with E-state index in [1.165, 1.54) is 13.2 Å². The summed E-state index contributed by atoms with van der Waals surface area (Å²) in [5.41, 5.74) is -1.41. The Hall–Kier alpha value is -2.04. The van der Waals surface area contributed by atoms with Crippen molar-refractivity contribution < 1.29 is 35.8 Å². The molecule has 6 nitrogen and oxygen atoms in total. The Kier molecular flexibility index (Phi) is 5.45. The van der Waals surface area contributed by atoms with Gasteiger partial charge in [0.05, 0.1) is 16.8 Å². The van der Waals surface area contributed by atoms with E-state index in [0.717, 1.165) is 24.3 Å². The summed E-state index contributed by atoms with van der Waals surface area (Å²) in [6.07, 6.45) is -3.34. The number of benzene rings is 1. The van der Waals surface area contributed by atoms with Crippen LogP contribution in [0.15, 0.2) is 52.0 Å². The zero-order valence-corrected chi connectivity index (χ0v) is 13.9. The lowest BCUT2D eigenvalue weighted by Crippen LogP contribution is -2.42. The lowest BCUT2D eigenvalue weighted by atomic mass is 10.0. The van der Waals surface area contributed by atoms with Crippen molar-refractivity contribution in [3.05, 3.63) is 48.4 Å². The fraction of sp³-hybridized carbons (Fsp3) is 0.333. The van der Waals surface area contributed by atoms with Crippen LogP contribution in [-0.4, -0.2) is 32.0 Å². The number of alkyl halides is 3. The molecule has 0 saturated carbocycles. The van der Waals surface area contributed by atoms with Gasteiger partial charge in [0.25, 0.3) is 0 Å². The second-order valence-electron chi connectivity index (χ2n) is 5.60. The molecule has 0 saturated heterocycles. The second-order valence-corrected chi connectivity index (χ2v) is 7.36. The summed E-state index contributed by atoms with van der Waals surface area (Å²) >= 11 is 0. The zero-order valence-electron chi connectivity index (χ0n) is 13.1. The van der Waals surface area contributed by atoms with Crippen LogP contribution in [0.3, 0.4) is 0 Å². The van der Waals surface area contributed by atoms with Crippen LogP contribution in [-0.2, 0) is 16.4 Å². The van der Waals surface area contributed by atoms with Gasteiger partial charge in [0.2, 0.25) is 10.0 Å². The Bertz CT molecular complexity index is 784. The number of hydrogen-bond acceptors (Lipinski definition) is 5. The molecule has 0 radical (unpaired) electrons. The van der Waals surface area contributed by atoms with Gasteiger partial charge < -0.3 is 14.3 Å². The van der Waals surface area contributed by atoms with Gasteiger partial charge in [-0.15, -0.1) is 13.2 Å². The molecule has 25 heavy (non-hydrogen) atoms. The predicted molar refractivity (Wildman–Crippen MR) is 81.3 cm³/mol. The molecule has 0 amide bonds. The van der Waals surface area contributed by atoms with Gasteiger partial charge in [-0.05, 0) is 43.3 Å². The van der Waals surface area contributed by atoms with Gasteiger partial charge in [-0.1, -0.05) is 0 Å². The van der Waals surface area contributed by atoms with Crippen molar-refractivity contribution in [3.63, 3.8) is 0 Å². The molecule has 2 rings (SSSR count). The molecule has 138 valence electrons. The predicted octanol–water partition coefficient (Wildman–Crippen LogP) is 2.45. The summed E-state index contributed by atoms with van der Waals surface area (Å²) in [5, 5.41) is 10.2. The summed E-state index contributed by atoms with van der Waals surface area (Å²) in [4.78, 5) is -0.254. The highest BCUT2D eigenvalue weighted by molar-refractivity contribution is 7.89. The van der Waals surface area contributed by atoms with E-state index in [1.54, 1.807) is 12.1 Å². The Morgan fingerprint density at radius 3 is 2.36 bits per heavy atom. The van der Waals surface area contributed by atoms with Crippen LogP contribution in [0.25, 0.3) is 0 Å². The van der Waals surface area contributed by atoms with Crippen LogP contribution < -0.4 is 9.46 Å². The third-order valence-corrected chi connectivity index (χ3v) is 4.56. The number of rotatable bonds is 7. The van der Waals surface area contributed by atoms with Gasteiger partial charge in [0.15, 0.2) is 0 Å². The highest BCUT2D eigenvalue weighted by Gasteiger charge is 2.31. The normalized spacial score (nSPS) is 14.9. The highest BCUT2D eigenvalue weighted by atomic mass is 32.2. The minimum atomic E-state index is -4.86. The van der Waals surface area contributed by atoms with Crippen LogP contribution in [0.5, 0.6) is 5.75 Å². The molecule has 2 N–H and O–H groups in total. The molecule has 10 heteroatoms. The number of furan rings is 1. The third kappa shape index (κ3) is 6.07. The lowest BCUT2D eigenvalue weighted by molar-refractivity contribution is -0.274. The Morgan fingerprint density at radius 2 is 1.84 bits per heavy atom. The molecule has 0 bridgehead atoms. The van der Waals surface area contributed by atoms with E-state index in [1.807, 2.05) is 0 Å². The standard InChI is InChI=1S/C15H16F3NO5S/c1-14(20,9-12-3-2-8-23-12)10-19-25(21,22)13-6-4-11(5-7-13)24-15(16,17)18/h2-8,19-20H,9-10H2,1H3/t14-/m1/s1. The number of sulfonamides is 1. The average molecular weight is 379 g/mol.